The van der Waals surface area contributed by atoms with E-state index in [1.54, 1.807) is 0 Å². The smallest absolute Gasteiger partial charge is 0.225 e. The maximum atomic E-state index is 11.4. The molecule has 0 heterocycles. The molecule has 4 nitrogen and oxygen atoms in total. The van der Waals surface area contributed by atoms with Crippen molar-refractivity contribution in [2.75, 3.05) is 18.5 Å². The average molecular weight is 222 g/mol. The van der Waals surface area contributed by atoms with E-state index in [-0.39, 0.29) is 5.91 Å². The van der Waals surface area contributed by atoms with Crippen molar-refractivity contribution in [3.63, 3.8) is 0 Å². The molecule has 0 aliphatic carbocycles. The summed E-state index contributed by atoms with van der Waals surface area (Å²) in [6.07, 6.45) is 0.340. The lowest BCUT2D eigenvalue weighted by molar-refractivity contribution is -0.116. The third-order valence-corrected chi connectivity index (χ3v) is 2.15. The summed E-state index contributed by atoms with van der Waals surface area (Å²) in [6, 6.07) is 5.59. The van der Waals surface area contributed by atoms with Crippen molar-refractivity contribution in [3.05, 3.63) is 23.8 Å². The lowest BCUT2D eigenvalue weighted by Crippen LogP contribution is -2.16. The summed E-state index contributed by atoms with van der Waals surface area (Å²) in [5, 5.41) is 2.81. The Morgan fingerprint density at radius 2 is 2.25 bits per heavy atom. The molecule has 0 atom stereocenters. The van der Waals surface area contributed by atoms with Crippen LogP contribution in [0.4, 0.5) is 5.69 Å². The van der Waals surface area contributed by atoms with Crippen LogP contribution in [0.15, 0.2) is 18.2 Å². The molecule has 0 radical (unpaired) electrons. The van der Waals surface area contributed by atoms with E-state index in [0.29, 0.717) is 19.6 Å². The third-order valence-electron chi connectivity index (χ3n) is 2.15. The molecule has 1 rings (SSSR count). The number of rotatable bonds is 5. The van der Waals surface area contributed by atoms with Crippen LogP contribution in [-0.4, -0.2) is 19.1 Å². The van der Waals surface area contributed by atoms with E-state index in [2.05, 4.69) is 5.32 Å². The van der Waals surface area contributed by atoms with Crippen LogP contribution >= 0.6 is 0 Å². The first-order valence-electron chi connectivity index (χ1n) is 5.40. The molecule has 88 valence electrons. The Balaban J connectivity index is 2.71. The molecule has 0 saturated heterocycles. The van der Waals surface area contributed by atoms with E-state index in [9.17, 15) is 4.79 Å². The second-order valence-corrected chi connectivity index (χ2v) is 3.50. The Hall–Kier alpha value is -1.55. The number of hydrogen-bond donors (Lipinski definition) is 2. The topological polar surface area (TPSA) is 64.3 Å². The minimum atomic E-state index is -0.0604. The molecule has 0 bridgehead atoms. The average Bonchev–Trinajstić information content (AvgIpc) is 2.23. The van der Waals surface area contributed by atoms with Crippen molar-refractivity contribution in [1.82, 2.24) is 0 Å². The van der Waals surface area contributed by atoms with Crippen molar-refractivity contribution in [3.8, 4) is 5.75 Å². The van der Waals surface area contributed by atoms with Crippen molar-refractivity contribution < 1.29 is 9.53 Å². The molecule has 1 aromatic rings. The number of amides is 1. The van der Waals surface area contributed by atoms with Gasteiger partial charge in [-0.1, -0.05) is 0 Å². The molecule has 1 aromatic carbocycles. The van der Waals surface area contributed by atoms with Crippen LogP contribution in [0.1, 0.15) is 18.9 Å². The number of carbonyl (C=O) groups is 1. The van der Waals surface area contributed by atoms with Gasteiger partial charge in [-0.2, -0.15) is 0 Å². The Bertz CT molecular complexity index is 364. The fourth-order valence-electron chi connectivity index (χ4n) is 1.38. The van der Waals surface area contributed by atoms with E-state index in [0.717, 1.165) is 17.0 Å². The van der Waals surface area contributed by atoms with E-state index in [4.69, 9.17) is 10.5 Å². The zero-order valence-corrected chi connectivity index (χ0v) is 9.75. The second kappa shape index (κ2) is 6.12. The highest BCUT2D eigenvalue weighted by Crippen LogP contribution is 2.21. The fourth-order valence-corrected chi connectivity index (χ4v) is 1.38. The largest absolute Gasteiger partial charge is 0.494 e. The predicted molar refractivity (Wildman–Crippen MR) is 64.6 cm³/mol. The highest BCUT2D eigenvalue weighted by molar-refractivity contribution is 5.91. The molecule has 16 heavy (non-hydrogen) atoms. The highest BCUT2D eigenvalue weighted by atomic mass is 16.5. The van der Waals surface area contributed by atoms with Gasteiger partial charge < -0.3 is 15.8 Å². The summed E-state index contributed by atoms with van der Waals surface area (Å²) in [6.45, 7) is 4.87. The van der Waals surface area contributed by atoms with Crippen LogP contribution < -0.4 is 15.8 Å². The van der Waals surface area contributed by atoms with Gasteiger partial charge in [-0.25, -0.2) is 0 Å². The summed E-state index contributed by atoms with van der Waals surface area (Å²) < 4.78 is 5.36. The lowest BCUT2D eigenvalue weighted by atomic mass is 10.2. The molecule has 3 N–H and O–H groups in total. The zero-order valence-electron chi connectivity index (χ0n) is 9.75. The quantitative estimate of drug-likeness (QED) is 0.796. The van der Waals surface area contributed by atoms with Gasteiger partial charge in [0.25, 0.3) is 0 Å². The third kappa shape index (κ3) is 3.55. The summed E-state index contributed by atoms with van der Waals surface area (Å²) in [5.41, 5.74) is 7.09. The summed E-state index contributed by atoms with van der Waals surface area (Å²) in [4.78, 5) is 11.4. The first kappa shape index (κ1) is 12.5. The first-order chi connectivity index (χ1) is 7.67. The SMILES string of the molecule is CCOc1ccc(NC(=O)CCN)c(C)c1. The van der Waals surface area contributed by atoms with E-state index in [1.165, 1.54) is 0 Å². The van der Waals surface area contributed by atoms with Gasteiger partial charge in [-0.15, -0.1) is 0 Å². The maximum absolute atomic E-state index is 11.4. The summed E-state index contributed by atoms with van der Waals surface area (Å²) >= 11 is 0. The minimum absolute atomic E-state index is 0.0604. The number of carbonyl (C=O) groups excluding carboxylic acids is 1. The number of anilines is 1. The normalized spacial score (nSPS) is 9.94. The number of ether oxygens (including phenoxy) is 1. The van der Waals surface area contributed by atoms with Crippen molar-refractivity contribution in [1.29, 1.82) is 0 Å². The first-order valence-corrected chi connectivity index (χ1v) is 5.40. The van der Waals surface area contributed by atoms with E-state index >= 15 is 0 Å². The Labute approximate surface area is 95.8 Å². The van der Waals surface area contributed by atoms with E-state index < -0.39 is 0 Å². The second-order valence-electron chi connectivity index (χ2n) is 3.50. The van der Waals surface area contributed by atoms with Crippen molar-refractivity contribution in [2.24, 2.45) is 5.73 Å². The molecule has 0 saturated carbocycles. The predicted octanol–water partition coefficient (Wildman–Crippen LogP) is 1.68. The van der Waals surface area contributed by atoms with Gasteiger partial charge in [0, 0.05) is 18.7 Å². The number of nitrogens with two attached hydrogens (primary N) is 1. The van der Waals surface area contributed by atoms with Gasteiger partial charge in [-0.05, 0) is 37.6 Å². The molecular weight excluding hydrogens is 204 g/mol. The van der Waals surface area contributed by atoms with Gasteiger partial charge in [0.05, 0.1) is 6.61 Å². The molecule has 0 spiro atoms. The number of aryl methyl sites for hydroxylation is 1. The molecule has 0 fully saturated rings. The lowest BCUT2D eigenvalue weighted by Gasteiger charge is -2.10. The Morgan fingerprint density at radius 1 is 1.50 bits per heavy atom. The zero-order chi connectivity index (χ0) is 12.0. The molecule has 4 heteroatoms. The van der Waals surface area contributed by atoms with Crippen molar-refractivity contribution >= 4 is 11.6 Å². The molecule has 0 unspecified atom stereocenters. The van der Waals surface area contributed by atoms with Crippen LogP contribution in [0.5, 0.6) is 5.75 Å². The monoisotopic (exact) mass is 222 g/mol. The van der Waals surface area contributed by atoms with Crippen LogP contribution in [0.2, 0.25) is 0 Å². The Kier molecular flexibility index (Phi) is 4.79. The van der Waals surface area contributed by atoms with Gasteiger partial charge in [0.2, 0.25) is 5.91 Å². The molecule has 0 aliphatic rings. The van der Waals surface area contributed by atoms with Gasteiger partial charge in [0.15, 0.2) is 0 Å². The number of benzene rings is 1. The molecule has 0 aliphatic heterocycles. The molecule has 0 aromatic heterocycles. The van der Waals surface area contributed by atoms with E-state index in [1.807, 2.05) is 32.0 Å². The number of nitrogens with one attached hydrogen (secondary N) is 1. The maximum Gasteiger partial charge on any atom is 0.225 e. The molecule has 1 amide bonds. The van der Waals surface area contributed by atoms with Gasteiger partial charge in [-0.3, -0.25) is 4.79 Å². The van der Waals surface area contributed by atoms with Crippen LogP contribution in [0, 0.1) is 6.92 Å². The Morgan fingerprint density at radius 3 is 2.81 bits per heavy atom. The fraction of sp³-hybridized carbons (Fsp3) is 0.417. The van der Waals surface area contributed by atoms with Crippen LogP contribution in [-0.2, 0) is 4.79 Å². The van der Waals surface area contributed by atoms with Gasteiger partial charge in [0.1, 0.15) is 5.75 Å². The van der Waals surface area contributed by atoms with Gasteiger partial charge >= 0.3 is 0 Å². The summed E-state index contributed by atoms with van der Waals surface area (Å²) in [7, 11) is 0. The molecular formula is C12H18N2O2. The standard InChI is InChI=1S/C12H18N2O2/c1-3-16-10-4-5-11(9(2)8-10)14-12(15)6-7-13/h4-5,8H,3,6-7,13H2,1-2H3,(H,14,15). The summed E-state index contributed by atoms with van der Waals surface area (Å²) in [5.74, 6) is 0.756. The number of hydrogen-bond acceptors (Lipinski definition) is 3. The highest BCUT2D eigenvalue weighted by Gasteiger charge is 2.04. The van der Waals surface area contributed by atoms with Crippen LogP contribution in [0.3, 0.4) is 0 Å². The van der Waals surface area contributed by atoms with Crippen molar-refractivity contribution in [2.45, 2.75) is 20.3 Å². The minimum Gasteiger partial charge on any atom is -0.494 e. The van der Waals surface area contributed by atoms with Crippen LogP contribution in [0.25, 0.3) is 0 Å².